The molecule has 2 aromatic heterocycles. The number of halogens is 1. The standard InChI is InChI=1S/C18H29N7O2.HI/c1-4-19-18(21-12-17-22-13-23-24(17)3)20-11-15(16-6-5-14(2)27-16)25-7-9-26-10-8-25;/h5-6,13,15H,4,7-12H2,1-3H3,(H2,19,20,21);1H. The molecule has 0 saturated carbocycles. The quantitative estimate of drug-likeness (QED) is 0.336. The van der Waals surface area contributed by atoms with E-state index in [9.17, 15) is 0 Å². The van der Waals surface area contributed by atoms with Crippen LogP contribution >= 0.6 is 24.0 Å². The molecule has 0 aromatic carbocycles. The van der Waals surface area contributed by atoms with E-state index in [1.165, 1.54) is 0 Å². The Balaban J connectivity index is 0.00000280. The van der Waals surface area contributed by atoms with E-state index in [1.807, 2.05) is 20.0 Å². The zero-order chi connectivity index (χ0) is 19.1. The van der Waals surface area contributed by atoms with Crippen molar-refractivity contribution < 1.29 is 9.15 Å². The Morgan fingerprint density at radius 3 is 2.68 bits per heavy atom. The minimum atomic E-state index is 0. The number of furan rings is 1. The molecule has 3 heterocycles. The van der Waals surface area contributed by atoms with Crippen molar-refractivity contribution >= 4 is 29.9 Å². The normalized spacial score (nSPS) is 16.5. The predicted molar refractivity (Wildman–Crippen MR) is 118 cm³/mol. The van der Waals surface area contributed by atoms with Crippen LogP contribution in [0.1, 0.15) is 30.3 Å². The fraction of sp³-hybridized carbons (Fsp3) is 0.611. The first kappa shape index (κ1) is 22.6. The number of rotatable bonds is 7. The maximum atomic E-state index is 5.92. The summed E-state index contributed by atoms with van der Waals surface area (Å²) in [4.78, 5) is 11.2. The lowest BCUT2D eigenvalue weighted by atomic mass is 10.1. The molecule has 1 fully saturated rings. The highest BCUT2D eigenvalue weighted by Crippen LogP contribution is 2.23. The summed E-state index contributed by atoms with van der Waals surface area (Å²) in [5.74, 6) is 3.46. The Morgan fingerprint density at radius 1 is 1.29 bits per heavy atom. The molecule has 2 N–H and O–H groups in total. The van der Waals surface area contributed by atoms with E-state index < -0.39 is 0 Å². The van der Waals surface area contributed by atoms with Crippen LogP contribution in [0, 0.1) is 6.92 Å². The molecular formula is C18H30IN7O2. The van der Waals surface area contributed by atoms with Gasteiger partial charge in [-0.3, -0.25) is 9.58 Å². The van der Waals surface area contributed by atoms with Gasteiger partial charge in [-0.25, -0.2) is 9.98 Å². The Kier molecular flexibility index (Phi) is 9.19. The van der Waals surface area contributed by atoms with Crippen LogP contribution in [0.15, 0.2) is 27.9 Å². The van der Waals surface area contributed by atoms with Crippen molar-refractivity contribution in [2.75, 3.05) is 39.4 Å². The molecule has 0 spiro atoms. The van der Waals surface area contributed by atoms with Gasteiger partial charge in [0.25, 0.3) is 0 Å². The zero-order valence-corrected chi connectivity index (χ0v) is 19.1. The molecule has 1 saturated heterocycles. The van der Waals surface area contributed by atoms with Gasteiger partial charge in [-0.2, -0.15) is 5.10 Å². The van der Waals surface area contributed by atoms with Gasteiger partial charge in [0.05, 0.1) is 19.3 Å². The number of nitrogens with one attached hydrogen (secondary N) is 2. The maximum absolute atomic E-state index is 5.92. The van der Waals surface area contributed by atoms with Crippen LogP contribution < -0.4 is 10.6 Å². The average molecular weight is 503 g/mol. The predicted octanol–water partition coefficient (Wildman–Crippen LogP) is 1.46. The lowest BCUT2D eigenvalue weighted by Gasteiger charge is -2.33. The Bertz CT molecular complexity index is 740. The monoisotopic (exact) mass is 503 g/mol. The maximum Gasteiger partial charge on any atom is 0.191 e. The van der Waals surface area contributed by atoms with E-state index in [1.54, 1.807) is 11.0 Å². The highest BCUT2D eigenvalue weighted by atomic mass is 127. The zero-order valence-electron chi connectivity index (χ0n) is 16.7. The molecule has 1 atom stereocenters. The second-order valence-electron chi connectivity index (χ2n) is 6.49. The Labute approximate surface area is 182 Å². The molecule has 9 nitrogen and oxygen atoms in total. The number of morpholine rings is 1. The molecule has 0 aliphatic carbocycles. The number of nitrogens with zero attached hydrogens (tertiary/aromatic N) is 5. The fourth-order valence-electron chi connectivity index (χ4n) is 3.08. The largest absolute Gasteiger partial charge is 0.465 e. The summed E-state index contributed by atoms with van der Waals surface area (Å²) in [6, 6.07) is 4.19. The first-order valence-electron chi connectivity index (χ1n) is 9.40. The third-order valence-corrected chi connectivity index (χ3v) is 4.57. The van der Waals surface area contributed by atoms with Crippen LogP contribution in [0.3, 0.4) is 0 Å². The van der Waals surface area contributed by atoms with E-state index in [-0.39, 0.29) is 30.0 Å². The topological polar surface area (TPSA) is 92.7 Å². The summed E-state index contributed by atoms with van der Waals surface area (Å²) >= 11 is 0. The molecule has 1 aliphatic rings. The van der Waals surface area contributed by atoms with Gasteiger partial charge >= 0.3 is 0 Å². The van der Waals surface area contributed by atoms with Gasteiger partial charge in [0.2, 0.25) is 0 Å². The molecule has 28 heavy (non-hydrogen) atoms. The molecular weight excluding hydrogens is 473 g/mol. The van der Waals surface area contributed by atoms with Crippen molar-refractivity contribution in [2.24, 2.45) is 12.0 Å². The number of aryl methyl sites for hydroxylation is 2. The molecule has 0 amide bonds. The average Bonchev–Trinajstić information content (AvgIpc) is 3.29. The highest BCUT2D eigenvalue weighted by molar-refractivity contribution is 14.0. The number of ether oxygens (including phenoxy) is 1. The minimum Gasteiger partial charge on any atom is -0.465 e. The molecule has 156 valence electrons. The van der Waals surface area contributed by atoms with Crippen molar-refractivity contribution in [3.63, 3.8) is 0 Å². The SMILES string of the molecule is CCNC(=NCc1ncnn1C)NCC(c1ccc(C)o1)N1CCOCC1.I. The first-order chi connectivity index (χ1) is 13.2. The first-order valence-corrected chi connectivity index (χ1v) is 9.40. The summed E-state index contributed by atoms with van der Waals surface area (Å²) < 4.78 is 13.2. The van der Waals surface area contributed by atoms with E-state index in [0.29, 0.717) is 13.1 Å². The van der Waals surface area contributed by atoms with E-state index >= 15 is 0 Å². The minimum absolute atomic E-state index is 0. The molecule has 2 aromatic rings. The van der Waals surface area contributed by atoms with Crippen LogP contribution in [0.25, 0.3) is 0 Å². The van der Waals surface area contributed by atoms with Crippen LogP contribution in [0.4, 0.5) is 0 Å². The number of hydrogen-bond donors (Lipinski definition) is 2. The van der Waals surface area contributed by atoms with Gasteiger partial charge in [0.1, 0.15) is 30.2 Å². The molecule has 3 rings (SSSR count). The lowest BCUT2D eigenvalue weighted by molar-refractivity contribution is 0.0124. The second kappa shape index (κ2) is 11.4. The van der Waals surface area contributed by atoms with E-state index in [2.05, 4.69) is 43.6 Å². The highest BCUT2D eigenvalue weighted by Gasteiger charge is 2.25. The summed E-state index contributed by atoms with van der Waals surface area (Å²) in [5, 5.41) is 10.8. The smallest absolute Gasteiger partial charge is 0.191 e. The van der Waals surface area contributed by atoms with Gasteiger partial charge in [-0.1, -0.05) is 0 Å². The van der Waals surface area contributed by atoms with Crippen molar-refractivity contribution in [3.8, 4) is 0 Å². The van der Waals surface area contributed by atoms with Crippen LogP contribution in [0.5, 0.6) is 0 Å². The van der Waals surface area contributed by atoms with Crippen LogP contribution in [-0.4, -0.2) is 65.0 Å². The van der Waals surface area contributed by atoms with Crippen molar-refractivity contribution in [3.05, 3.63) is 35.8 Å². The van der Waals surface area contributed by atoms with Crippen molar-refractivity contribution in [1.82, 2.24) is 30.3 Å². The number of guanidine groups is 1. The number of aromatic nitrogens is 3. The number of aliphatic imine (C=N–C) groups is 1. The molecule has 0 bridgehead atoms. The third-order valence-electron chi connectivity index (χ3n) is 4.57. The van der Waals surface area contributed by atoms with Crippen LogP contribution in [0.2, 0.25) is 0 Å². The van der Waals surface area contributed by atoms with Crippen molar-refractivity contribution in [1.29, 1.82) is 0 Å². The Hall–Kier alpha value is -1.66. The van der Waals surface area contributed by atoms with Gasteiger partial charge in [0.15, 0.2) is 5.96 Å². The summed E-state index contributed by atoms with van der Waals surface area (Å²) in [5.41, 5.74) is 0. The van der Waals surface area contributed by atoms with Crippen LogP contribution in [-0.2, 0) is 18.3 Å². The summed E-state index contributed by atoms with van der Waals surface area (Å²) in [6.07, 6.45) is 1.54. The van der Waals surface area contributed by atoms with E-state index in [4.69, 9.17) is 9.15 Å². The molecule has 0 radical (unpaired) electrons. The van der Waals surface area contributed by atoms with Gasteiger partial charge in [0, 0.05) is 33.2 Å². The molecule has 1 aliphatic heterocycles. The Morgan fingerprint density at radius 2 is 2.07 bits per heavy atom. The van der Waals surface area contributed by atoms with Gasteiger partial charge in [-0.15, -0.1) is 24.0 Å². The second-order valence-corrected chi connectivity index (χ2v) is 6.49. The van der Waals surface area contributed by atoms with E-state index in [0.717, 1.165) is 56.2 Å². The third kappa shape index (κ3) is 6.17. The van der Waals surface area contributed by atoms with Gasteiger partial charge < -0.3 is 19.8 Å². The fourth-order valence-corrected chi connectivity index (χ4v) is 3.08. The summed E-state index contributed by atoms with van der Waals surface area (Å²) in [7, 11) is 1.87. The number of hydrogen-bond acceptors (Lipinski definition) is 6. The molecule has 10 heteroatoms. The van der Waals surface area contributed by atoms with Gasteiger partial charge in [-0.05, 0) is 26.0 Å². The summed E-state index contributed by atoms with van der Waals surface area (Å²) in [6.45, 7) is 9.23. The van der Waals surface area contributed by atoms with Crippen molar-refractivity contribution in [2.45, 2.75) is 26.4 Å². The molecule has 1 unspecified atom stereocenters. The lowest BCUT2D eigenvalue weighted by Crippen LogP contribution is -2.46.